The number of amides is 1. The Labute approximate surface area is 133 Å². The summed E-state index contributed by atoms with van der Waals surface area (Å²) in [5.74, 6) is 1.64. The molecule has 1 saturated heterocycles. The van der Waals surface area contributed by atoms with Crippen molar-refractivity contribution in [1.29, 1.82) is 0 Å². The number of carbonyl (C=O) groups is 1. The van der Waals surface area contributed by atoms with Gasteiger partial charge in [0.2, 0.25) is 0 Å². The van der Waals surface area contributed by atoms with Gasteiger partial charge in [-0.05, 0) is 49.9 Å². The first-order valence-electron chi connectivity index (χ1n) is 8.09. The van der Waals surface area contributed by atoms with Crippen LogP contribution in [0.25, 0.3) is 0 Å². The smallest absolute Gasteiger partial charge is 0.273 e. The minimum atomic E-state index is -0.151. The van der Waals surface area contributed by atoms with Gasteiger partial charge in [-0.3, -0.25) is 4.79 Å². The van der Waals surface area contributed by atoms with E-state index in [1.807, 2.05) is 0 Å². The number of carbonyl (C=O) groups excluding carboxylic acids is 1. The van der Waals surface area contributed by atoms with E-state index in [0.29, 0.717) is 29.8 Å². The van der Waals surface area contributed by atoms with E-state index in [4.69, 9.17) is 4.74 Å². The Kier molecular flexibility index (Phi) is 6.19. The summed E-state index contributed by atoms with van der Waals surface area (Å²) in [5, 5.41) is 3.00. The second-order valence-corrected chi connectivity index (χ2v) is 6.40. The normalized spacial score (nSPS) is 16.7. The van der Waals surface area contributed by atoms with Crippen LogP contribution in [0.5, 0.6) is 5.75 Å². The Morgan fingerprint density at radius 2 is 2.18 bits per heavy atom. The highest BCUT2D eigenvalue weighted by Crippen LogP contribution is 2.18. The molecule has 0 radical (unpaired) electrons. The van der Waals surface area contributed by atoms with Crippen molar-refractivity contribution in [2.24, 2.45) is 11.8 Å². The van der Waals surface area contributed by atoms with Gasteiger partial charge in [-0.15, -0.1) is 0 Å². The third-order valence-corrected chi connectivity index (χ3v) is 4.09. The lowest BCUT2D eigenvalue weighted by atomic mass is 9.96. The van der Waals surface area contributed by atoms with E-state index in [1.54, 1.807) is 25.4 Å². The largest absolute Gasteiger partial charge is 0.494 e. The minimum absolute atomic E-state index is 0.151. The average Bonchev–Trinajstić information content (AvgIpc) is 2.53. The highest BCUT2D eigenvalue weighted by Gasteiger charge is 2.21. The summed E-state index contributed by atoms with van der Waals surface area (Å²) in [4.78, 5) is 18.8. The monoisotopic (exact) mass is 305 g/mol. The predicted octanol–water partition coefficient (Wildman–Crippen LogP) is 2.19. The molecule has 1 aromatic heterocycles. The maximum absolute atomic E-state index is 12.2. The average molecular weight is 305 g/mol. The first kappa shape index (κ1) is 16.7. The fraction of sp³-hybridized carbons (Fsp3) is 0.647. The summed E-state index contributed by atoms with van der Waals surface area (Å²) in [6.45, 7) is 8.66. The molecular formula is C17H27N3O2. The van der Waals surface area contributed by atoms with Gasteiger partial charge >= 0.3 is 0 Å². The van der Waals surface area contributed by atoms with E-state index in [0.717, 1.165) is 25.9 Å². The van der Waals surface area contributed by atoms with Crippen LogP contribution >= 0.6 is 0 Å². The maximum atomic E-state index is 12.2. The van der Waals surface area contributed by atoms with Crippen LogP contribution in [0.4, 0.5) is 0 Å². The van der Waals surface area contributed by atoms with Gasteiger partial charge in [0.15, 0.2) is 5.69 Å². The number of piperidine rings is 1. The van der Waals surface area contributed by atoms with Crippen LogP contribution in [-0.2, 0) is 0 Å². The molecule has 5 heteroatoms. The molecule has 1 aliphatic rings. The zero-order valence-corrected chi connectivity index (χ0v) is 13.8. The van der Waals surface area contributed by atoms with Crippen molar-refractivity contribution in [1.82, 2.24) is 15.2 Å². The number of hydrogen-bond acceptors (Lipinski definition) is 4. The van der Waals surface area contributed by atoms with E-state index in [9.17, 15) is 4.79 Å². The Morgan fingerprint density at radius 3 is 2.82 bits per heavy atom. The van der Waals surface area contributed by atoms with Crippen molar-refractivity contribution >= 4 is 5.91 Å². The molecule has 2 heterocycles. The number of nitrogens with zero attached hydrogens (tertiary/aromatic N) is 2. The summed E-state index contributed by atoms with van der Waals surface area (Å²) in [6.07, 6.45) is 3.90. The number of nitrogens with one attached hydrogen (secondary N) is 1. The van der Waals surface area contributed by atoms with Gasteiger partial charge < -0.3 is 15.0 Å². The van der Waals surface area contributed by atoms with E-state index >= 15 is 0 Å². The molecule has 22 heavy (non-hydrogen) atoms. The number of ether oxygens (including phenoxy) is 1. The standard InChI is InChI=1S/C17H27N3O2/c1-13(2)12-20-9-6-14(7-10-20)11-19-17(21)16-15(22-3)5-4-8-18-16/h4-5,8,13-14H,6-7,9-12H2,1-3H3,(H,19,21). The molecule has 1 aliphatic heterocycles. The number of hydrogen-bond donors (Lipinski definition) is 1. The number of methoxy groups -OCH3 is 1. The SMILES string of the molecule is COc1cccnc1C(=O)NCC1CCN(CC(C)C)CC1. The zero-order valence-electron chi connectivity index (χ0n) is 13.8. The van der Waals surface area contributed by atoms with Gasteiger partial charge in [0.1, 0.15) is 5.75 Å². The van der Waals surface area contributed by atoms with Crippen LogP contribution in [0.2, 0.25) is 0 Å². The van der Waals surface area contributed by atoms with E-state index in [1.165, 1.54) is 6.54 Å². The molecule has 1 N–H and O–H groups in total. The summed E-state index contributed by atoms with van der Waals surface area (Å²) < 4.78 is 5.18. The fourth-order valence-electron chi connectivity index (χ4n) is 2.94. The molecule has 0 spiro atoms. The van der Waals surface area contributed by atoms with Gasteiger partial charge in [-0.2, -0.15) is 0 Å². The predicted molar refractivity (Wildman–Crippen MR) is 87.1 cm³/mol. The third-order valence-electron chi connectivity index (χ3n) is 4.09. The van der Waals surface area contributed by atoms with E-state index in [-0.39, 0.29) is 5.91 Å². The van der Waals surface area contributed by atoms with Crippen LogP contribution in [-0.4, -0.2) is 49.1 Å². The zero-order chi connectivity index (χ0) is 15.9. The molecule has 2 rings (SSSR count). The van der Waals surface area contributed by atoms with Crippen LogP contribution in [0.1, 0.15) is 37.2 Å². The first-order chi connectivity index (χ1) is 10.6. The van der Waals surface area contributed by atoms with Crippen molar-refractivity contribution < 1.29 is 9.53 Å². The van der Waals surface area contributed by atoms with E-state index < -0.39 is 0 Å². The third kappa shape index (κ3) is 4.70. The summed E-state index contributed by atoms with van der Waals surface area (Å²) >= 11 is 0. The lowest BCUT2D eigenvalue weighted by Crippen LogP contribution is -2.40. The topological polar surface area (TPSA) is 54.5 Å². The van der Waals surface area contributed by atoms with Crippen molar-refractivity contribution in [3.63, 3.8) is 0 Å². The number of likely N-dealkylation sites (tertiary alicyclic amines) is 1. The number of aromatic nitrogens is 1. The molecule has 0 bridgehead atoms. The molecule has 0 unspecified atom stereocenters. The molecule has 1 aromatic rings. The summed E-state index contributed by atoms with van der Waals surface area (Å²) in [6, 6.07) is 3.52. The Morgan fingerprint density at radius 1 is 1.45 bits per heavy atom. The highest BCUT2D eigenvalue weighted by atomic mass is 16.5. The van der Waals surface area contributed by atoms with Gasteiger partial charge in [0.05, 0.1) is 7.11 Å². The maximum Gasteiger partial charge on any atom is 0.273 e. The highest BCUT2D eigenvalue weighted by molar-refractivity contribution is 5.94. The molecule has 122 valence electrons. The second-order valence-electron chi connectivity index (χ2n) is 6.40. The molecule has 0 saturated carbocycles. The van der Waals surface area contributed by atoms with Crippen molar-refractivity contribution in [3.05, 3.63) is 24.0 Å². The molecule has 1 amide bonds. The quantitative estimate of drug-likeness (QED) is 0.875. The minimum Gasteiger partial charge on any atom is -0.494 e. The Bertz CT molecular complexity index is 483. The fourth-order valence-corrected chi connectivity index (χ4v) is 2.94. The van der Waals surface area contributed by atoms with Gasteiger partial charge in [0.25, 0.3) is 5.91 Å². The summed E-state index contributed by atoms with van der Waals surface area (Å²) in [7, 11) is 1.55. The van der Waals surface area contributed by atoms with Crippen molar-refractivity contribution in [2.45, 2.75) is 26.7 Å². The Balaban J connectivity index is 1.78. The van der Waals surface area contributed by atoms with Crippen LogP contribution in [0.3, 0.4) is 0 Å². The number of pyridine rings is 1. The van der Waals surface area contributed by atoms with Crippen LogP contribution in [0.15, 0.2) is 18.3 Å². The lowest BCUT2D eigenvalue weighted by Gasteiger charge is -2.33. The van der Waals surface area contributed by atoms with Gasteiger partial charge in [-0.1, -0.05) is 13.8 Å². The van der Waals surface area contributed by atoms with E-state index in [2.05, 4.69) is 29.0 Å². The van der Waals surface area contributed by atoms with Crippen LogP contribution < -0.4 is 10.1 Å². The first-order valence-corrected chi connectivity index (χ1v) is 8.09. The van der Waals surface area contributed by atoms with Crippen molar-refractivity contribution in [3.8, 4) is 5.75 Å². The van der Waals surface area contributed by atoms with Gasteiger partial charge in [0, 0.05) is 19.3 Å². The van der Waals surface area contributed by atoms with Crippen LogP contribution in [0, 0.1) is 11.8 Å². The lowest BCUT2D eigenvalue weighted by molar-refractivity contribution is 0.0926. The van der Waals surface area contributed by atoms with Gasteiger partial charge in [-0.25, -0.2) is 4.98 Å². The molecule has 0 aliphatic carbocycles. The molecule has 5 nitrogen and oxygen atoms in total. The molecule has 0 atom stereocenters. The Hall–Kier alpha value is -1.62. The van der Waals surface area contributed by atoms with Crippen molar-refractivity contribution in [2.75, 3.05) is 33.3 Å². The summed E-state index contributed by atoms with van der Waals surface area (Å²) in [5.41, 5.74) is 0.363. The molecule has 1 fully saturated rings. The molecule has 0 aromatic carbocycles. The molecular weight excluding hydrogens is 278 g/mol. The number of rotatable bonds is 6. The second kappa shape index (κ2) is 8.13.